The molecule has 0 saturated carbocycles. The van der Waals surface area contributed by atoms with Gasteiger partial charge in [-0.3, -0.25) is 9.59 Å². The first kappa shape index (κ1) is 13.3. The molecular weight excluding hydrogens is 270 g/mol. The molecule has 7 nitrogen and oxygen atoms in total. The van der Waals surface area contributed by atoms with Crippen LogP contribution in [0.3, 0.4) is 0 Å². The first-order chi connectivity index (χ1) is 10.1. The van der Waals surface area contributed by atoms with Crippen LogP contribution in [0.15, 0.2) is 30.5 Å². The lowest BCUT2D eigenvalue weighted by atomic mass is 10.1. The van der Waals surface area contributed by atoms with Crippen LogP contribution < -0.4 is 11.1 Å². The standard InChI is InChI=1S/C14H15N5O2/c15-13(20)8-19-7-12(17-18-19)14(21)16-11-5-9-3-1-2-4-10(9)6-11/h1-4,7,11H,5-6,8H2,(H2,15,20)(H,16,21). The number of carbonyl (C=O) groups is 2. The SMILES string of the molecule is NC(=O)Cn1cc(C(=O)NC2Cc3ccccc3C2)nn1. The summed E-state index contributed by atoms with van der Waals surface area (Å²) in [5.74, 6) is -0.818. The Morgan fingerprint density at radius 1 is 1.29 bits per heavy atom. The number of carbonyl (C=O) groups excluding carboxylic acids is 2. The minimum atomic E-state index is -0.530. The van der Waals surface area contributed by atoms with Crippen LogP contribution in [0.25, 0.3) is 0 Å². The number of benzene rings is 1. The maximum Gasteiger partial charge on any atom is 0.273 e. The molecule has 1 aliphatic rings. The summed E-state index contributed by atoms with van der Waals surface area (Å²) in [4.78, 5) is 22.9. The Balaban J connectivity index is 1.63. The van der Waals surface area contributed by atoms with Crippen molar-refractivity contribution in [3.8, 4) is 0 Å². The summed E-state index contributed by atoms with van der Waals surface area (Å²) in [6, 6.07) is 8.21. The maximum atomic E-state index is 12.1. The molecule has 0 aliphatic heterocycles. The van der Waals surface area contributed by atoms with Crippen LogP contribution in [0.4, 0.5) is 0 Å². The number of amides is 2. The van der Waals surface area contributed by atoms with Crippen LogP contribution in [0, 0.1) is 0 Å². The van der Waals surface area contributed by atoms with Gasteiger partial charge < -0.3 is 11.1 Å². The van der Waals surface area contributed by atoms with E-state index in [1.165, 1.54) is 22.0 Å². The van der Waals surface area contributed by atoms with Gasteiger partial charge in [-0.2, -0.15) is 0 Å². The number of aromatic nitrogens is 3. The molecule has 1 heterocycles. The van der Waals surface area contributed by atoms with Gasteiger partial charge in [0.05, 0.1) is 6.20 Å². The third kappa shape index (κ3) is 2.91. The van der Waals surface area contributed by atoms with Crippen molar-refractivity contribution < 1.29 is 9.59 Å². The minimum absolute atomic E-state index is 0.0659. The zero-order chi connectivity index (χ0) is 14.8. The Labute approximate surface area is 121 Å². The highest BCUT2D eigenvalue weighted by Crippen LogP contribution is 2.21. The smallest absolute Gasteiger partial charge is 0.273 e. The van der Waals surface area contributed by atoms with Gasteiger partial charge in [0.25, 0.3) is 5.91 Å². The molecule has 0 spiro atoms. The van der Waals surface area contributed by atoms with Crippen LogP contribution in [-0.4, -0.2) is 32.9 Å². The fraction of sp³-hybridized carbons (Fsp3) is 0.286. The molecule has 7 heteroatoms. The molecule has 0 unspecified atom stereocenters. The van der Waals surface area contributed by atoms with Crippen LogP contribution in [0.2, 0.25) is 0 Å². The highest BCUT2D eigenvalue weighted by molar-refractivity contribution is 5.92. The molecule has 0 atom stereocenters. The fourth-order valence-corrected chi connectivity index (χ4v) is 2.56. The van der Waals surface area contributed by atoms with Crippen LogP contribution >= 0.6 is 0 Å². The van der Waals surface area contributed by atoms with E-state index in [0.717, 1.165) is 12.8 Å². The predicted octanol–water partition coefficient (Wildman–Crippen LogP) is -0.339. The Morgan fingerprint density at radius 3 is 2.57 bits per heavy atom. The summed E-state index contributed by atoms with van der Waals surface area (Å²) in [5.41, 5.74) is 7.78. The number of rotatable bonds is 4. The van der Waals surface area contributed by atoms with Crippen molar-refractivity contribution in [2.45, 2.75) is 25.4 Å². The Hall–Kier alpha value is -2.70. The summed E-state index contributed by atoms with van der Waals surface area (Å²) < 4.78 is 1.25. The van der Waals surface area contributed by atoms with Crippen LogP contribution in [-0.2, 0) is 24.2 Å². The monoisotopic (exact) mass is 285 g/mol. The first-order valence-electron chi connectivity index (χ1n) is 6.68. The van der Waals surface area contributed by atoms with E-state index < -0.39 is 5.91 Å². The molecule has 2 amide bonds. The molecule has 1 aromatic heterocycles. The van der Waals surface area contributed by atoms with Gasteiger partial charge >= 0.3 is 0 Å². The number of nitrogens with one attached hydrogen (secondary N) is 1. The third-order valence-electron chi connectivity index (χ3n) is 3.48. The normalized spacial score (nSPS) is 13.9. The van der Waals surface area contributed by atoms with Gasteiger partial charge in [-0.15, -0.1) is 5.10 Å². The van der Waals surface area contributed by atoms with Crippen molar-refractivity contribution in [3.63, 3.8) is 0 Å². The summed E-state index contributed by atoms with van der Waals surface area (Å²) in [7, 11) is 0. The molecule has 1 aromatic carbocycles. The largest absolute Gasteiger partial charge is 0.368 e. The van der Waals surface area contributed by atoms with Gasteiger partial charge in [-0.25, -0.2) is 4.68 Å². The lowest BCUT2D eigenvalue weighted by Crippen LogP contribution is -2.35. The Bertz CT molecular complexity index is 669. The number of nitrogens with two attached hydrogens (primary N) is 1. The molecule has 1 aliphatic carbocycles. The highest BCUT2D eigenvalue weighted by Gasteiger charge is 2.23. The van der Waals surface area contributed by atoms with Gasteiger partial charge in [-0.1, -0.05) is 29.5 Å². The lowest BCUT2D eigenvalue weighted by Gasteiger charge is -2.10. The minimum Gasteiger partial charge on any atom is -0.368 e. The summed E-state index contributed by atoms with van der Waals surface area (Å²) in [6.07, 6.45) is 3.05. The summed E-state index contributed by atoms with van der Waals surface area (Å²) >= 11 is 0. The lowest BCUT2D eigenvalue weighted by molar-refractivity contribution is -0.118. The van der Waals surface area contributed by atoms with E-state index in [4.69, 9.17) is 5.73 Å². The van der Waals surface area contributed by atoms with Crippen molar-refractivity contribution in [2.24, 2.45) is 5.73 Å². The quantitative estimate of drug-likeness (QED) is 0.802. The van der Waals surface area contributed by atoms with E-state index in [0.29, 0.717) is 0 Å². The van der Waals surface area contributed by atoms with Gasteiger partial charge in [0.1, 0.15) is 6.54 Å². The molecule has 0 radical (unpaired) electrons. The van der Waals surface area contributed by atoms with E-state index in [-0.39, 0.29) is 24.2 Å². The van der Waals surface area contributed by atoms with E-state index >= 15 is 0 Å². The molecule has 2 aromatic rings. The van der Waals surface area contributed by atoms with Crippen LogP contribution in [0.1, 0.15) is 21.6 Å². The predicted molar refractivity (Wildman–Crippen MR) is 74.3 cm³/mol. The Morgan fingerprint density at radius 2 is 1.95 bits per heavy atom. The third-order valence-corrected chi connectivity index (χ3v) is 3.48. The van der Waals surface area contributed by atoms with E-state index in [9.17, 15) is 9.59 Å². The first-order valence-corrected chi connectivity index (χ1v) is 6.68. The number of fused-ring (bicyclic) bond motifs is 1. The van der Waals surface area contributed by atoms with Crippen LogP contribution in [0.5, 0.6) is 0 Å². The fourth-order valence-electron chi connectivity index (χ4n) is 2.56. The van der Waals surface area contributed by atoms with Crippen molar-refractivity contribution in [3.05, 3.63) is 47.3 Å². The second-order valence-electron chi connectivity index (χ2n) is 5.12. The molecule has 3 rings (SSSR count). The topological polar surface area (TPSA) is 103 Å². The average molecular weight is 285 g/mol. The molecule has 21 heavy (non-hydrogen) atoms. The van der Waals surface area contributed by atoms with E-state index in [1.54, 1.807) is 0 Å². The van der Waals surface area contributed by atoms with Gasteiger partial charge in [0.2, 0.25) is 5.91 Å². The Kier molecular flexibility index (Phi) is 3.39. The number of hydrogen-bond donors (Lipinski definition) is 2. The van der Waals surface area contributed by atoms with Crippen molar-refractivity contribution in [2.75, 3.05) is 0 Å². The van der Waals surface area contributed by atoms with E-state index in [1.807, 2.05) is 12.1 Å². The molecule has 0 bridgehead atoms. The van der Waals surface area contributed by atoms with Crippen molar-refractivity contribution >= 4 is 11.8 Å². The molecule has 3 N–H and O–H groups in total. The number of primary amides is 1. The second-order valence-corrected chi connectivity index (χ2v) is 5.12. The molecular formula is C14H15N5O2. The van der Waals surface area contributed by atoms with Crippen molar-refractivity contribution in [1.82, 2.24) is 20.3 Å². The zero-order valence-electron chi connectivity index (χ0n) is 11.3. The second kappa shape index (κ2) is 5.35. The summed E-state index contributed by atoms with van der Waals surface area (Å²) in [6.45, 7) is -0.0881. The zero-order valence-corrected chi connectivity index (χ0v) is 11.3. The molecule has 0 fully saturated rings. The average Bonchev–Trinajstić information content (AvgIpc) is 3.03. The van der Waals surface area contributed by atoms with Gasteiger partial charge in [-0.05, 0) is 24.0 Å². The maximum absolute atomic E-state index is 12.1. The number of nitrogens with zero attached hydrogens (tertiary/aromatic N) is 3. The molecule has 0 saturated heterocycles. The molecule has 108 valence electrons. The summed E-state index contributed by atoms with van der Waals surface area (Å²) in [5, 5.41) is 10.4. The highest BCUT2D eigenvalue weighted by atomic mass is 16.2. The van der Waals surface area contributed by atoms with Gasteiger partial charge in [0, 0.05) is 6.04 Å². The van der Waals surface area contributed by atoms with E-state index in [2.05, 4.69) is 27.8 Å². The van der Waals surface area contributed by atoms with Gasteiger partial charge in [0.15, 0.2) is 5.69 Å². The van der Waals surface area contributed by atoms with Crippen molar-refractivity contribution in [1.29, 1.82) is 0 Å². The number of hydrogen-bond acceptors (Lipinski definition) is 4.